The van der Waals surface area contributed by atoms with Crippen LogP contribution in [0.5, 0.6) is 0 Å². The van der Waals surface area contributed by atoms with E-state index in [0.29, 0.717) is 16.5 Å². The van der Waals surface area contributed by atoms with Crippen molar-refractivity contribution < 1.29 is 103 Å². The molecule has 19 unspecified atom stereocenters. The summed E-state index contributed by atoms with van der Waals surface area (Å²) < 4.78 is 28.7. The molecule has 0 aromatic carbocycles. The highest BCUT2D eigenvalue weighted by Crippen LogP contribution is 2.34. The first-order valence-electron chi connectivity index (χ1n) is 27.7. The number of aliphatic hydroxyl groups is 8. The van der Waals surface area contributed by atoms with E-state index in [1.54, 1.807) is 5.38 Å². The van der Waals surface area contributed by atoms with Gasteiger partial charge >= 0.3 is 6.09 Å². The molecule has 38 nitrogen and oxygen atoms in total. The minimum absolute atomic E-state index is 0.0106. The van der Waals surface area contributed by atoms with Crippen LogP contribution in [0.4, 0.5) is 10.6 Å². The molecule has 6 heterocycles. The van der Waals surface area contributed by atoms with E-state index in [1.807, 2.05) is 0 Å². The number of Topliss-reactive ketones (excluding diaryl/α,β-unsaturated/α-hetero) is 1. The molecule has 2 saturated heterocycles. The fraction of sp³-hybridized carbons (Fsp3) is 0.588. The van der Waals surface area contributed by atoms with Gasteiger partial charge < -0.3 is 130 Å². The molecule has 496 valence electrons. The monoisotopic (exact) mass is 1290 g/mol. The fourth-order valence-electron chi connectivity index (χ4n) is 9.29. The number of nitrogen functional groups attached to an aromatic ring is 1. The van der Waals surface area contributed by atoms with E-state index >= 15 is 4.79 Å². The number of nitrogens with zero attached hydrogens (tertiary/aromatic N) is 5. The molecule has 0 saturated carbocycles. The van der Waals surface area contributed by atoms with E-state index in [2.05, 4.69) is 61.5 Å². The Morgan fingerprint density at radius 2 is 1.50 bits per heavy atom. The molecular formula is C51H75N17O21S. The number of amides is 7. The average Bonchev–Trinajstić information content (AvgIpc) is 1.00. The number of thiazole rings is 1. The van der Waals surface area contributed by atoms with E-state index in [4.69, 9.17) is 52.4 Å². The lowest BCUT2D eigenvalue weighted by atomic mass is 9.96. The van der Waals surface area contributed by atoms with Crippen LogP contribution in [0.3, 0.4) is 0 Å². The largest absolute Gasteiger partial charge is 0.441 e. The van der Waals surface area contributed by atoms with Crippen molar-refractivity contribution in [1.82, 2.24) is 61.5 Å². The molecule has 2 fully saturated rings. The zero-order valence-corrected chi connectivity index (χ0v) is 49.8. The Kier molecular flexibility index (Phi) is 25.1. The second-order valence-corrected chi connectivity index (χ2v) is 22.1. The summed E-state index contributed by atoms with van der Waals surface area (Å²) in [5.41, 5.74) is 28.0. The number of rotatable bonds is 31. The predicted octanol–water partition coefficient (Wildman–Crippen LogP) is -8.23. The number of carbonyl (C=O) groups excluding carboxylic acids is 8. The normalized spacial score (nSPS) is 24.8. The zero-order valence-electron chi connectivity index (χ0n) is 48.9. The van der Waals surface area contributed by atoms with Gasteiger partial charge in [-0.05, 0) is 20.8 Å². The number of ketones is 1. The molecule has 90 heavy (non-hydrogen) atoms. The second kappa shape index (κ2) is 31.7. The van der Waals surface area contributed by atoms with E-state index in [0.717, 1.165) is 12.5 Å². The number of anilines is 1. The Morgan fingerprint density at radius 3 is 2.10 bits per heavy atom. The third-order valence-electron chi connectivity index (χ3n) is 14.5. The molecule has 7 amide bonds. The highest BCUT2D eigenvalue weighted by molar-refractivity contribution is 7.09. The van der Waals surface area contributed by atoms with Crippen LogP contribution in [-0.4, -0.2) is 247 Å². The lowest BCUT2D eigenvalue weighted by Crippen LogP contribution is -2.65. The molecule has 4 aromatic heterocycles. The smallest absolute Gasteiger partial charge is 0.404 e. The standard InChI is InChI=1S/C51H75N17O21S/c1-16-30(65-44(68-41(16)54)22(8-28(53)73)59-9-21(52)42(55)79)47(82)67-32(38(24-10-57-15-61-24)87-50-40(36(77)34(75)26(12-69)86-50)88-49-37(78)39(89-51(56)84)35(76)27(13-70)85-49)48(83)62-18(3)33(74)17(2)45(80)66-31(20(5)72)46(81)58-7-6-29-63-25(14-90-29)43-60-11-23(64-43)19(4)71/h10-11,14-15,17-18,20-22,26-27,31-40,49-50,59,69-70,72,74-78H,6-9,12-13,52H2,1-5H3,(H2,53,73)(H2,55,79)(H2,56,84)(H,57,61)(H,58,81)(H,60,64)(H,62,83)(H,66,80)(H,67,82)(H2,54,65,68). The van der Waals surface area contributed by atoms with Gasteiger partial charge in [0.2, 0.25) is 29.5 Å². The van der Waals surface area contributed by atoms with Gasteiger partial charge in [0.05, 0.1) is 78.9 Å². The van der Waals surface area contributed by atoms with Crippen molar-refractivity contribution in [2.75, 3.05) is 32.0 Å². The minimum Gasteiger partial charge on any atom is -0.441 e. The van der Waals surface area contributed by atoms with Crippen molar-refractivity contribution in [3.63, 3.8) is 0 Å². The van der Waals surface area contributed by atoms with Crippen molar-refractivity contribution >= 4 is 64.5 Å². The van der Waals surface area contributed by atoms with Crippen LogP contribution >= 0.6 is 11.3 Å². The first-order valence-corrected chi connectivity index (χ1v) is 28.6. The van der Waals surface area contributed by atoms with Gasteiger partial charge in [0.15, 0.2) is 30.3 Å². The highest BCUT2D eigenvalue weighted by Gasteiger charge is 2.54. The maximum atomic E-state index is 15.1. The molecular weight excluding hydrogens is 1220 g/mol. The van der Waals surface area contributed by atoms with Gasteiger partial charge in [-0.1, -0.05) is 6.92 Å². The number of H-pyrrole nitrogens is 2. The van der Waals surface area contributed by atoms with E-state index in [9.17, 15) is 74.4 Å². The molecule has 0 spiro atoms. The van der Waals surface area contributed by atoms with E-state index in [1.165, 1.54) is 52.2 Å². The quantitative estimate of drug-likeness (QED) is 0.0208. The molecule has 2 aliphatic rings. The number of imidazole rings is 2. The highest BCUT2D eigenvalue weighted by atomic mass is 32.1. The number of nitrogens with one attached hydrogen (secondary N) is 7. The first kappa shape index (κ1) is 71.2. The Hall–Kier alpha value is -7.87. The summed E-state index contributed by atoms with van der Waals surface area (Å²) in [6.45, 7) is 4.00. The Morgan fingerprint density at radius 1 is 0.822 bits per heavy atom. The summed E-state index contributed by atoms with van der Waals surface area (Å²) in [5, 5.41) is 103. The Balaban J connectivity index is 1.31. The summed E-state index contributed by atoms with van der Waals surface area (Å²) in [4.78, 5) is 132. The third kappa shape index (κ3) is 17.7. The van der Waals surface area contributed by atoms with Crippen LogP contribution in [0.25, 0.3) is 11.5 Å². The van der Waals surface area contributed by atoms with Crippen molar-refractivity contribution in [3.8, 4) is 11.5 Å². The molecule has 39 heteroatoms. The number of carbonyl (C=O) groups is 8. The maximum absolute atomic E-state index is 15.1. The lowest BCUT2D eigenvalue weighted by molar-refractivity contribution is -0.372. The molecule has 25 N–H and O–H groups in total. The number of hydrogen-bond acceptors (Lipinski definition) is 30. The molecule has 4 aromatic rings. The van der Waals surface area contributed by atoms with Gasteiger partial charge in [-0.15, -0.1) is 11.3 Å². The number of ether oxygens (including phenoxy) is 5. The van der Waals surface area contributed by atoms with Crippen molar-refractivity contribution in [1.29, 1.82) is 0 Å². The number of primary amides is 3. The molecule has 19 atom stereocenters. The van der Waals surface area contributed by atoms with Gasteiger partial charge in [0.1, 0.15) is 89.6 Å². The molecule has 0 bridgehead atoms. The number of hydrogen-bond donors (Lipinski definition) is 20. The zero-order chi connectivity index (χ0) is 66.6. The lowest BCUT2D eigenvalue weighted by Gasteiger charge is -2.47. The van der Waals surface area contributed by atoms with Crippen LogP contribution in [0.1, 0.15) is 89.3 Å². The Labute approximate surface area is 514 Å². The fourth-order valence-corrected chi connectivity index (χ4v) is 10.1. The molecule has 6 rings (SSSR count). The van der Waals surface area contributed by atoms with Gasteiger partial charge in [-0.3, -0.25) is 33.6 Å². The topological polar surface area (TPSA) is 631 Å². The number of aromatic nitrogens is 7. The number of aromatic amines is 2. The second-order valence-electron chi connectivity index (χ2n) is 21.2. The summed E-state index contributed by atoms with van der Waals surface area (Å²) in [6, 6.07) is -7.84. The SMILES string of the molecule is CC(=O)c1cnc(-c2csc(CCNC(=O)C(NC(=O)C(C)C(O)C(C)NC(=O)C(NC(=O)c3nc(C(CC(N)=O)NCC(N)C(N)=O)nc(N)c3C)C(OC3OC(CO)C(O)C(O)C3OC3OC(CO)C(O)C(OC(N)=O)C3O)c3cnc[nH]3)C(C)O)n2)[nH]1. The van der Waals surface area contributed by atoms with Crippen LogP contribution in [0.2, 0.25) is 0 Å². The minimum atomic E-state index is -2.20. The number of nitrogens with two attached hydrogens (primary N) is 5. The molecule has 2 aliphatic heterocycles. The van der Waals surface area contributed by atoms with E-state index < -0.39 is 183 Å². The molecule has 0 aliphatic carbocycles. The van der Waals surface area contributed by atoms with Gasteiger partial charge in [0, 0.05) is 43.8 Å². The van der Waals surface area contributed by atoms with Crippen LogP contribution in [0.15, 0.2) is 24.1 Å². The van der Waals surface area contributed by atoms with Crippen LogP contribution in [0, 0.1) is 12.8 Å². The maximum Gasteiger partial charge on any atom is 0.404 e. The summed E-state index contributed by atoms with van der Waals surface area (Å²) in [6.07, 6.45) is -23.7. The van der Waals surface area contributed by atoms with Crippen LogP contribution < -0.4 is 55.3 Å². The van der Waals surface area contributed by atoms with Crippen LogP contribution in [-0.2, 0) is 54.1 Å². The van der Waals surface area contributed by atoms with Gasteiger partial charge in [-0.2, -0.15) is 0 Å². The number of aliphatic hydroxyl groups excluding tert-OH is 8. The van der Waals surface area contributed by atoms with Crippen molar-refractivity contribution in [2.24, 2.45) is 28.9 Å². The van der Waals surface area contributed by atoms with Crippen molar-refractivity contribution in [3.05, 3.63) is 57.6 Å². The van der Waals surface area contributed by atoms with E-state index in [-0.39, 0.29) is 53.9 Å². The third-order valence-corrected chi connectivity index (χ3v) is 15.4. The summed E-state index contributed by atoms with van der Waals surface area (Å²) in [5.74, 6) is -8.26. The van der Waals surface area contributed by atoms with Crippen molar-refractivity contribution in [2.45, 2.75) is 157 Å². The summed E-state index contributed by atoms with van der Waals surface area (Å²) in [7, 11) is 0. The Bertz CT molecular complexity index is 3140. The average molecular weight is 1290 g/mol. The predicted molar refractivity (Wildman–Crippen MR) is 304 cm³/mol. The summed E-state index contributed by atoms with van der Waals surface area (Å²) >= 11 is 1.25. The first-order chi connectivity index (χ1) is 42.5. The molecule has 0 radical (unpaired) electrons. The van der Waals surface area contributed by atoms with Gasteiger partial charge in [-0.25, -0.2) is 29.7 Å². The van der Waals surface area contributed by atoms with Gasteiger partial charge in [0.25, 0.3) is 5.91 Å².